The molecule has 0 amide bonds. The minimum atomic E-state index is -5.54. The number of aliphatic carboxylic acids is 1. The van der Waals surface area contributed by atoms with Gasteiger partial charge in [0.15, 0.2) is 12.4 Å². The van der Waals surface area contributed by atoms with Crippen molar-refractivity contribution < 1.29 is 92.2 Å². The number of phosphoric ester groups is 1. The summed E-state index contributed by atoms with van der Waals surface area (Å²) in [6.07, 6.45) is -10.6. The average molecular weight is 376 g/mol. The summed E-state index contributed by atoms with van der Waals surface area (Å²) in [4.78, 5) is 46.3. The quantitative estimate of drug-likeness (QED) is 0.125. The third kappa shape index (κ3) is 8.79. The molecule has 0 aromatic carbocycles. The van der Waals surface area contributed by atoms with E-state index in [0.717, 1.165) is 0 Å². The van der Waals surface area contributed by atoms with Crippen molar-refractivity contribution in [2.24, 2.45) is 0 Å². The number of carbonyl (C=O) groups is 2. The van der Waals surface area contributed by atoms with E-state index < -0.39 is 52.3 Å². The van der Waals surface area contributed by atoms with Crippen molar-refractivity contribution in [3.63, 3.8) is 0 Å². The molecule has 6 N–H and O–H groups in total. The number of phosphoric acid groups is 2. The molecule has 5 atom stereocenters. The number of aliphatic hydroxyl groups excluding tert-OH is 3. The van der Waals surface area contributed by atoms with Crippen molar-refractivity contribution in [1.82, 2.24) is 0 Å². The van der Waals surface area contributed by atoms with E-state index in [2.05, 4.69) is 8.83 Å². The third-order valence-corrected chi connectivity index (χ3v) is 4.04. The first-order valence-electron chi connectivity index (χ1n) is 4.79. The second-order valence-electron chi connectivity index (χ2n) is 3.49. The molecular formula is C6H11NaO13P2. The van der Waals surface area contributed by atoms with Gasteiger partial charge >= 0.3 is 45.2 Å². The van der Waals surface area contributed by atoms with Gasteiger partial charge in [-0.1, -0.05) is 0 Å². The molecule has 0 saturated heterocycles. The standard InChI is InChI=1S/C6H12O13P2.Na/c7-1-2(3(8)4(9)5(10)6(11)12)18-21(16,17)19-20(13,14)15;/h1-5,8-10H,(H,11,12)(H,16,17)(H2,13,14,15);/q;+1/p-1/t2-,3+,4-,5-;/m0./s1. The molecule has 0 saturated carbocycles. The molecule has 0 radical (unpaired) electrons. The monoisotopic (exact) mass is 376 g/mol. The van der Waals surface area contributed by atoms with Gasteiger partial charge < -0.3 is 44.7 Å². The number of aliphatic hydroxyl groups is 3. The Bertz CT molecular complexity index is 475. The molecule has 22 heavy (non-hydrogen) atoms. The van der Waals surface area contributed by atoms with E-state index in [-0.39, 0.29) is 29.6 Å². The van der Waals surface area contributed by atoms with Gasteiger partial charge in [-0.25, -0.2) is 9.13 Å². The van der Waals surface area contributed by atoms with Gasteiger partial charge in [0.1, 0.15) is 18.3 Å². The Balaban J connectivity index is 0. The number of rotatable bonds is 9. The van der Waals surface area contributed by atoms with Gasteiger partial charge in [0.25, 0.3) is 0 Å². The van der Waals surface area contributed by atoms with Crippen LogP contribution in [0.3, 0.4) is 0 Å². The van der Waals surface area contributed by atoms with E-state index >= 15 is 0 Å². The molecule has 124 valence electrons. The van der Waals surface area contributed by atoms with Gasteiger partial charge in [-0.3, -0.25) is 4.52 Å². The summed E-state index contributed by atoms with van der Waals surface area (Å²) in [6.45, 7) is 0. The second kappa shape index (κ2) is 9.55. The molecule has 13 nitrogen and oxygen atoms in total. The molecule has 0 aliphatic carbocycles. The van der Waals surface area contributed by atoms with Crippen LogP contribution in [0, 0.1) is 0 Å². The minimum absolute atomic E-state index is 0. The molecular weight excluding hydrogens is 365 g/mol. The Morgan fingerprint density at radius 2 is 1.55 bits per heavy atom. The first kappa shape index (κ1) is 24.5. The molecule has 1 unspecified atom stereocenters. The zero-order valence-corrected chi connectivity index (χ0v) is 14.6. The predicted molar refractivity (Wildman–Crippen MR) is 56.9 cm³/mol. The van der Waals surface area contributed by atoms with E-state index in [1.807, 2.05) is 0 Å². The molecule has 0 spiro atoms. The maximum absolute atomic E-state index is 11.1. The maximum atomic E-state index is 11.1. The van der Waals surface area contributed by atoms with Crippen LogP contribution in [0.5, 0.6) is 0 Å². The zero-order valence-electron chi connectivity index (χ0n) is 10.8. The smallest absolute Gasteiger partial charge is 0.547 e. The molecule has 0 fully saturated rings. The van der Waals surface area contributed by atoms with Crippen LogP contribution in [-0.4, -0.2) is 66.7 Å². The van der Waals surface area contributed by atoms with Crippen LogP contribution in [0.2, 0.25) is 0 Å². The van der Waals surface area contributed by atoms with E-state index in [1.54, 1.807) is 0 Å². The fourth-order valence-electron chi connectivity index (χ4n) is 0.996. The fourth-order valence-corrected chi connectivity index (χ4v) is 2.71. The molecule has 0 aliphatic heterocycles. The zero-order chi connectivity index (χ0) is 17.0. The Labute approximate surface area is 144 Å². The van der Waals surface area contributed by atoms with E-state index in [1.165, 1.54) is 0 Å². The number of carboxylic acid groups (broad SMARTS) is 1. The summed E-state index contributed by atoms with van der Waals surface area (Å²) in [5.41, 5.74) is 0. The molecule has 0 bridgehead atoms. The van der Waals surface area contributed by atoms with Gasteiger partial charge in [0.05, 0.1) is 5.97 Å². The summed E-state index contributed by atoms with van der Waals surface area (Å²) >= 11 is 0. The third-order valence-electron chi connectivity index (χ3n) is 1.85. The fraction of sp³-hybridized carbons (Fsp3) is 0.667. The molecule has 0 aromatic rings. The molecule has 0 heterocycles. The first-order chi connectivity index (χ1) is 9.30. The van der Waals surface area contributed by atoms with Gasteiger partial charge in [0.2, 0.25) is 0 Å². The average Bonchev–Trinajstić information content (AvgIpc) is 2.30. The van der Waals surface area contributed by atoms with Crippen molar-refractivity contribution in [3.05, 3.63) is 0 Å². The number of carboxylic acids is 1. The summed E-state index contributed by atoms with van der Waals surface area (Å²) in [6, 6.07) is 0. The van der Waals surface area contributed by atoms with Crippen LogP contribution < -0.4 is 34.7 Å². The number of aldehydes is 1. The van der Waals surface area contributed by atoms with Gasteiger partial charge in [-0.15, -0.1) is 0 Å². The Kier molecular flexibility index (Phi) is 10.6. The Morgan fingerprint density at radius 1 is 1.09 bits per heavy atom. The van der Waals surface area contributed by atoms with Crippen LogP contribution in [0.25, 0.3) is 0 Å². The minimum Gasteiger partial charge on any atom is -0.547 e. The summed E-state index contributed by atoms with van der Waals surface area (Å²) < 4.78 is 28.6. The van der Waals surface area contributed by atoms with Crippen molar-refractivity contribution in [2.75, 3.05) is 0 Å². The summed E-state index contributed by atoms with van der Waals surface area (Å²) in [7, 11) is -11.0. The van der Waals surface area contributed by atoms with E-state index in [0.29, 0.717) is 0 Å². The van der Waals surface area contributed by atoms with E-state index in [4.69, 9.17) is 24.9 Å². The van der Waals surface area contributed by atoms with Crippen LogP contribution in [0.4, 0.5) is 0 Å². The predicted octanol–water partition coefficient (Wildman–Crippen LogP) is -7.38. The van der Waals surface area contributed by atoms with Gasteiger partial charge in [-0.05, 0) is 0 Å². The Morgan fingerprint density at radius 3 is 1.86 bits per heavy atom. The van der Waals surface area contributed by atoms with Crippen molar-refractivity contribution in [2.45, 2.75) is 24.4 Å². The van der Waals surface area contributed by atoms with Crippen LogP contribution >= 0.6 is 15.6 Å². The van der Waals surface area contributed by atoms with E-state index in [9.17, 15) is 28.9 Å². The van der Waals surface area contributed by atoms with Crippen molar-refractivity contribution in [1.29, 1.82) is 0 Å². The topological polar surface area (TPSA) is 231 Å². The van der Waals surface area contributed by atoms with Gasteiger partial charge in [-0.2, -0.15) is 4.31 Å². The van der Waals surface area contributed by atoms with Crippen LogP contribution in [0.15, 0.2) is 0 Å². The Hall–Kier alpha value is 0.280. The maximum Gasteiger partial charge on any atom is 1.00 e. The summed E-state index contributed by atoms with van der Waals surface area (Å²) in [5.74, 6) is -2.23. The molecule has 16 heteroatoms. The van der Waals surface area contributed by atoms with Crippen LogP contribution in [0.1, 0.15) is 0 Å². The van der Waals surface area contributed by atoms with Crippen LogP contribution in [-0.2, 0) is 27.6 Å². The normalized spacial score (nSPS) is 19.9. The van der Waals surface area contributed by atoms with Crippen molar-refractivity contribution in [3.8, 4) is 0 Å². The first-order valence-corrected chi connectivity index (χ1v) is 7.81. The number of hydrogen-bond acceptors (Lipinski definition) is 10. The SMILES string of the molecule is O=C[C@H](OP(=O)(O)OP(=O)(O)O)[C@@H](O)[C@H](O)[C@H](O)C(=O)[O-].[Na+]. The second-order valence-corrected chi connectivity index (χ2v) is 6.27. The van der Waals surface area contributed by atoms with Gasteiger partial charge in [0, 0.05) is 0 Å². The molecule has 0 aromatic heterocycles. The number of carbonyl (C=O) groups excluding carboxylic acids is 2. The molecule has 0 rings (SSSR count). The van der Waals surface area contributed by atoms with Crippen molar-refractivity contribution >= 4 is 27.9 Å². The number of hydrogen-bond donors (Lipinski definition) is 6. The largest absolute Gasteiger partial charge is 1.00 e. The molecule has 0 aliphatic rings. The summed E-state index contributed by atoms with van der Waals surface area (Å²) in [5, 5.41) is 37.6.